The molecule has 1 saturated heterocycles. The lowest BCUT2D eigenvalue weighted by molar-refractivity contribution is -0.0796. The van der Waals surface area contributed by atoms with Crippen LogP contribution in [0.15, 0.2) is 45.6 Å². The summed E-state index contributed by atoms with van der Waals surface area (Å²) < 4.78 is 16.0. The number of aromatic hydroxyl groups is 1. The van der Waals surface area contributed by atoms with Gasteiger partial charge in [-0.2, -0.15) is 0 Å². The van der Waals surface area contributed by atoms with Gasteiger partial charge in [-0.3, -0.25) is 0 Å². The maximum atomic E-state index is 12.1. The number of ether oxygens (including phenoxy) is 2. The molecule has 0 radical (unpaired) electrons. The Morgan fingerprint density at radius 1 is 1.05 bits per heavy atom. The molecule has 4 rings (SSSR count). The molecule has 0 unspecified atom stereocenters. The Morgan fingerprint density at radius 3 is 2.62 bits per heavy atom. The van der Waals surface area contributed by atoms with Gasteiger partial charge in [-0.05, 0) is 30.3 Å². The molecule has 2 heterocycles. The lowest BCUT2D eigenvalue weighted by Gasteiger charge is -2.26. The van der Waals surface area contributed by atoms with Gasteiger partial charge in [-0.25, -0.2) is 4.79 Å². The van der Waals surface area contributed by atoms with E-state index in [0.717, 1.165) is 10.8 Å². The van der Waals surface area contributed by atoms with Crippen LogP contribution in [0.5, 0.6) is 11.5 Å². The van der Waals surface area contributed by atoms with Gasteiger partial charge < -0.3 is 19.0 Å². The summed E-state index contributed by atoms with van der Waals surface area (Å²) in [6.07, 6.45) is 0.0481. The van der Waals surface area contributed by atoms with Crippen LogP contribution in [-0.2, 0) is 4.74 Å². The average molecular weight is 284 g/mol. The van der Waals surface area contributed by atoms with E-state index >= 15 is 0 Å². The second-order valence-electron chi connectivity index (χ2n) is 5.05. The third-order valence-electron chi connectivity index (χ3n) is 3.58. The predicted octanol–water partition coefficient (Wildman–Crippen LogP) is 2.43. The van der Waals surface area contributed by atoms with E-state index in [0.29, 0.717) is 29.9 Å². The maximum Gasteiger partial charge on any atom is 0.344 e. The molecule has 5 heteroatoms. The van der Waals surface area contributed by atoms with Gasteiger partial charge in [0, 0.05) is 16.8 Å². The lowest BCUT2D eigenvalue weighted by Crippen LogP contribution is -2.38. The van der Waals surface area contributed by atoms with Crippen molar-refractivity contribution >= 4 is 21.7 Å². The molecule has 0 amide bonds. The van der Waals surface area contributed by atoms with Gasteiger partial charge in [0.15, 0.2) is 0 Å². The molecule has 1 aromatic heterocycles. The van der Waals surface area contributed by atoms with Gasteiger partial charge in [0.05, 0.1) is 18.6 Å². The van der Waals surface area contributed by atoms with Gasteiger partial charge in [-0.1, -0.05) is 0 Å². The Balaban J connectivity index is 1.90. The van der Waals surface area contributed by atoms with E-state index in [1.807, 2.05) is 12.1 Å². The summed E-state index contributed by atoms with van der Waals surface area (Å²) in [6.45, 7) is 1.15. The number of fused-ring (bicyclic) bond motifs is 3. The maximum absolute atomic E-state index is 12.1. The molecule has 0 atom stereocenters. The Kier molecular flexibility index (Phi) is 2.62. The Bertz CT molecular complexity index is 892. The lowest BCUT2D eigenvalue weighted by atomic mass is 10.1. The van der Waals surface area contributed by atoms with E-state index in [9.17, 15) is 9.90 Å². The summed E-state index contributed by atoms with van der Waals surface area (Å²) in [6, 6.07) is 10.1. The summed E-state index contributed by atoms with van der Waals surface area (Å²) in [5.41, 5.74) is -0.0769. The molecule has 1 fully saturated rings. The minimum atomic E-state index is -0.446. The van der Waals surface area contributed by atoms with Crippen molar-refractivity contribution in [1.29, 1.82) is 0 Å². The quantitative estimate of drug-likeness (QED) is 0.578. The molecular weight excluding hydrogens is 272 g/mol. The van der Waals surface area contributed by atoms with Crippen LogP contribution >= 0.6 is 0 Å². The smallest absolute Gasteiger partial charge is 0.344 e. The molecule has 21 heavy (non-hydrogen) atoms. The van der Waals surface area contributed by atoms with Crippen LogP contribution < -0.4 is 10.4 Å². The second kappa shape index (κ2) is 4.49. The Hall–Kier alpha value is -2.53. The van der Waals surface area contributed by atoms with Crippen LogP contribution in [0.2, 0.25) is 0 Å². The van der Waals surface area contributed by atoms with Crippen LogP contribution in [0.1, 0.15) is 0 Å². The average Bonchev–Trinajstić information content (AvgIpc) is 2.43. The summed E-state index contributed by atoms with van der Waals surface area (Å²) in [5.74, 6) is 0.691. The van der Waals surface area contributed by atoms with Crippen LogP contribution in [0.25, 0.3) is 21.7 Å². The first-order chi connectivity index (χ1) is 10.2. The zero-order valence-corrected chi connectivity index (χ0v) is 11.0. The number of phenolic OH excluding ortho intramolecular Hbond substituents is 1. The normalized spacial score (nSPS) is 15.2. The van der Waals surface area contributed by atoms with Crippen molar-refractivity contribution < 1.29 is 19.0 Å². The number of phenols is 1. The van der Waals surface area contributed by atoms with Gasteiger partial charge >= 0.3 is 5.63 Å². The molecule has 2 aromatic carbocycles. The highest BCUT2D eigenvalue weighted by molar-refractivity contribution is 6.04. The number of hydrogen-bond acceptors (Lipinski definition) is 5. The Labute approximate surface area is 119 Å². The standard InChI is InChI=1S/C16H12O5/c17-9-1-3-13-12-4-2-10(20-11-7-19-8-11)6-14(12)16(18)21-15(13)5-9/h1-6,11,17H,7-8H2. The van der Waals surface area contributed by atoms with Crippen molar-refractivity contribution in [3.05, 3.63) is 46.8 Å². The first-order valence-corrected chi connectivity index (χ1v) is 6.65. The highest BCUT2D eigenvalue weighted by Gasteiger charge is 2.20. The molecule has 1 aliphatic heterocycles. The van der Waals surface area contributed by atoms with Crippen molar-refractivity contribution in [1.82, 2.24) is 0 Å². The summed E-state index contributed by atoms with van der Waals surface area (Å²) >= 11 is 0. The van der Waals surface area contributed by atoms with Crippen molar-refractivity contribution in [2.75, 3.05) is 13.2 Å². The van der Waals surface area contributed by atoms with Crippen molar-refractivity contribution in [3.8, 4) is 11.5 Å². The second-order valence-corrected chi connectivity index (χ2v) is 5.05. The zero-order valence-electron chi connectivity index (χ0n) is 11.0. The topological polar surface area (TPSA) is 68.9 Å². The Morgan fingerprint density at radius 2 is 1.86 bits per heavy atom. The molecule has 1 N–H and O–H groups in total. The highest BCUT2D eigenvalue weighted by atomic mass is 16.6. The summed E-state index contributed by atoms with van der Waals surface area (Å²) in [5, 5.41) is 11.5. The third kappa shape index (κ3) is 2.02. The molecule has 0 aliphatic carbocycles. The number of benzene rings is 2. The van der Waals surface area contributed by atoms with E-state index in [4.69, 9.17) is 13.9 Å². The molecule has 106 valence electrons. The summed E-state index contributed by atoms with van der Waals surface area (Å²) in [7, 11) is 0. The van der Waals surface area contributed by atoms with Gasteiger partial charge in [0.25, 0.3) is 0 Å². The van der Waals surface area contributed by atoms with Crippen molar-refractivity contribution in [3.63, 3.8) is 0 Å². The first kappa shape index (κ1) is 12.2. The van der Waals surface area contributed by atoms with Gasteiger partial charge in [-0.15, -0.1) is 0 Å². The molecule has 0 bridgehead atoms. The molecule has 1 aliphatic rings. The van der Waals surface area contributed by atoms with E-state index in [2.05, 4.69) is 0 Å². The van der Waals surface area contributed by atoms with Crippen LogP contribution in [0.4, 0.5) is 0 Å². The van der Waals surface area contributed by atoms with E-state index in [1.54, 1.807) is 18.2 Å². The molecule has 0 saturated carbocycles. The number of rotatable bonds is 2. The third-order valence-corrected chi connectivity index (χ3v) is 3.58. The van der Waals surface area contributed by atoms with E-state index in [1.165, 1.54) is 6.07 Å². The zero-order chi connectivity index (χ0) is 14.4. The SMILES string of the molecule is O=c1oc2cc(O)ccc2c2ccc(OC3COC3)cc12. The summed E-state index contributed by atoms with van der Waals surface area (Å²) in [4.78, 5) is 12.1. The van der Waals surface area contributed by atoms with Gasteiger partial charge in [0.1, 0.15) is 23.2 Å². The minimum Gasteiger partial charge on any atom is -0.508 e. The first-order valence-electron chi connectivity index (χ1n) is 6.65. The van der Waals surface area contributed by atoms with Crippen molar-refractivity contribution in [2.24, 2.45) is 0 Å². The fourth-order valence-corrected chi connectivity index (χ4v) is 2.45. The molecule has 3 aromatic rings. The van der Waals surface area contributed by atoms with Crippen LogP contribution in [0.3, 0.4) is 0 Å². The largest absolute Gasteiger partial charge is 0.508 e. The van der Waals surface area contributed by atoms with Gasteiger partial charge in [0.2, 0.25) is 0 Å². The molecular formula is C16H12O5. The predicted molar refractivity (Wildman–Crippen MR) is 76.9 cm³/mol. The van der Waals surface area contributed by atoms with E-state index < -0.39 is 5.63 Å². The van der Waals surface area contributed by atoms with E-state index in [-0.39, 0.29) is 11.9 Å². The van der Waals surface area contributed by atoms with Crippen molar-refractivity contribution in [2.45, 2.75) is 6.10 Å². The fourth-order valence-electron chi connectivity index (χ4n) is 2.45. The molecule has 5 nitrogen and oxygen atoms in total. The number of hydrogen-bond donors (Lipinski definition) is 1. The van der Waals surface area contributed by atoms with Crippen LogP contribution in [-0.4, -0.2) is 24.4 Å². The highest BCUT2D eigenvalue weighted by Crippen LogP contribution is 2.28. The monoisotopic (exact) mass is 284 g/mol. The fraction of sp³-hybridized carbons (Fsp3) is 0.188. The molecule has 0 spiro atoms. The minimum absolute atomic E-state index is 0.0481. The van der Waals surface area contributed by atoms with Crippen LogP contribution in [0, 0.1) is 0 Å².